The molecule has 3 heteroatoms. The second-order valence-corrected chi connectivity index (χ2v) is 6.87. The number of piperidine rings is 1. The maximum absolute atomic E-state index is 4.16. The van der Waals surface area contributed by atoms with Gasteiger partial charge in [0.15, 0.2) is 0 Å². The zero-order valence-electron chi connectivity index (χ0n) is 13.3. The molecule has 2 bridgehead atoms. The third kappa shape index (κ3) is 2.11. The summed E-state index contributed by atoms with van der Waals surface area (Å²) in [6.07, 6.45) is 6.41. The minimum Gasteiger partial charge on any atom is -0.340 e. The average molecular weight is 303 g/mol. The number of benzene rings is 1. The van der Waals surface area contributed by atoms with Crippen molar-refractivity contribution in [3.8, 4) is 0 Å². The van der Waals surface area contributed by atoms with E-state index in [2.05, 4.69) is 50.8 Å². The van der Waals surface area contributed by atoms with Crippen molar-refractivity contribution in [2.24, 2.45) is 0 Å². The molecule has 0 unspecified atom stereocenters. The van der Waals surface area contributed by atoms with E-state index in [0.29, 0.717) is 0 Å². The van der Waals surface area contributed by atoms with Crippen molar-refractivity contribution in [3.05, 3.63) is 65.6 Å². The molecule has 2 aromatic heterocycles. The van der Waals surface area contributed by atoms with Crippen LogP contribution in [0.1, 0.15) is 35.6 Å². The second-order valence-electron chi connectivity index (χ2n) is 6.87. The Morgan fingerprint density at radius 1 is 1.00 bits per heavy atom. The van der Waals surface area contributed by atoms with Gasteiger partial charge in [-0.15, -0.1) is 0 Å². The molecule has 5 heterocycles. The fourth-order valence-electron chi connectivity index (χ4n) is 4.46. The fourth-order valence-corrected chi connectivity index (χ4v) is 4.46. The summed E-state index contributed by atoms with van der Waals surface area (Å²) in [5, 5.41) is 1.45. The molecule has 3 nitrogen and oxygen atoms in total. The van der Waals surface area contributed by atoms with Crippen LogP contribution in [-0.4, -0.2) is 27.5 Å². The highest BCUT2D eigenvalue weighted by Gasteiger charge is 2.32. The third-order valence-corrected chi connectivity index (χ3v) is 5.57. The Balaban J connectivity index is 1.73. The maximum atomic E-state index is 4.16. The summed E-state index contributed by atoms with van der Waals surface area (Å²) in [6, 6.07) is 13.2. The maximum Gasteiger partial charge on any atom is 0.0489 e. The number of fused-ring (bicyclic) bond motifs is 3. The van der Waals surface area contributed by atoms with E-state index >= 15 is 0 Å². The van der Waals surface area contributed by atoms with Crippen LogP contribution < -0.4 is 0 Å². The Morgan fingerprint density at radius 3 is 2.61 bits per heavy atom. The first-order chi connectivity index (χ1) is 11.4. The molecule has 23 heavy (non-hydrogen) atoms. The summed E-state index contributed by atoms with van der Waals surface area (Å²) in [5.41, 5.74) is 5.91. The quantitative estimate of drug-likeness (QED) is 0.718. The molecule has 3 aliphatic heterocycles. The van der Waals surface area contributed by atoms with Crippen molar-refractivity contribution in [1.29, 1.82) is 0 Å². The van der Waals surface area contributed by atoms with Gasteiger partial charge in [-0.2, -0.15) is 0 Å². The van der Waals surface area contributed by atoms with Gasteiger partial charge in [0, 0.05) is 48.0 Å². The first-order valence-corrected chi connectivity index (χ1v) is 8.61. The molecule has 0 N–H and O–H groups in total. The van der Waals surface area contributed by atoms with Crippen molar-refractivity contribution in [1.82, 2.24) is 14.5 Å². The number of hydrogen-bond acceptors (Lipinski definition) is 2. The van der Waals surface area contributed by atoms with E-state index < -0.39 is 0 Å². The van der Waals surface area contributed by atoms with E-state index in [1.165, 1.54) is 42.4 Å². The Bertz CT molecular complexity index is 842. The highest BCUT2D eigenvalue weighted by molar-refractivity contribution is 5.86. The highest BCUT2D eigenvalue weighted by Crippen LogP contribution is 2.41. The van der Waals surface area contributed by atoms with Crippen LogP contribution in [0.2, 0.25) is 0 Å². The smallest absolute Gasteiger partial charge is 0.0489 e. The summed E-state index contributed by atoms with van der Waals surface area (Å²) < 4.78 is 2.58. The van der Waals surface area contributed by atoms with Crippen LogP contribution in [-0.2, 0) is 13.1 Å². The third-order valence-electron chi connectivity index (χ3n) is 5.57. The predicted molar refractivity (Wildman–Crippen MR) is 92.5 cm³/mol. The Labute approximate surface area is 136 Å². The lowest BCUT2D eigenvalue weighted by molar-refractivity contribution is 0.219. The molecule has 1 aromatic carbocycles. The van der Waals surface area contributed by atoms with Crippen LogP contribution in [0.4, 0.5) is 0 Å². The summed E-state index contributed by atoms with van der Waals surface area (Å²) in [7, 11) is 0. The molecule has 1 saturated heterocycles. The molecule has 3 aromatic rings. The number of rotatable bonds is 2. The minimum absolute atomic E-state index is 0.720. The number of para-hydroxylation sites is 1. The normalized spacial score (nSPS) is 23.0. The number of aromatic nitrogens is 2. The van der Waals surface area contributed by atoms with Gasteiger partial charge in [0.2, 0.25) is 0 Å². The molecule has 0 saturated carbocycles. The molecular formula is C20H21N3. The van der Waals surface area contributed by atoms with Crippen LogP contribution >= 0.6 is 0 Å². The van der Waals surface area contributed by atoms with Crippen LogP contribution in [0.3, 0.4) is 0 Å². The summed E-state index contributed by atoms with van der Waals surface area (Å²) in [6.45, 7) is 4.58. The van der Waals surface area contributed by atoms with Crippen LogP contribution in [0.15, 0.2) is 48.8 Å². The van der Waals surface area contributed by atoms with E-state index in [4.69, 9.17) is 0 Å². The fraction of sp³-hybridized carbons (Fsp3) is 0.350. The van der Waals surface area contributed by atoms with Gasteiger partial charge in [-0.3, -0.25) is 9.88 Å². The van der Waals surface area contributed by atoms with Crippen LogP contribution in [0, 0.1) is 0 Å². The SMILES string of the molecule is c1ccc2c(c1)c1c(n2Cc2ccncc2)C2CCN(CC2)C1. The van der Waals surface area contributed by atoms with Gasteiger partial charge in [0.25, 0.3) is 0 Å². The first-order valence-electron chi connectivity index (χ1n) is 8.61. The topological polar surface area (TPSA) is 21.1 Å². The van der Waals surface area contributed by atoms with Gasteiger partial charge in [0.1, 0.15) is 0 Å². The van der Waals surface area contributed by atoms with Gasteiger partial charge >= 0.3 is 0 Å². The molecule has 0 amide bonds. The number of pyridine rings is 1. The zero-order valence-corrected chi connectivity index (χ0v) is 13.3. The Hall–Kier alpha value is -2.13. The van der Waals surface area contributed by atoms with Crippen LogP contribution in [0.25, 0.3) is 10.9 Å². The summed E-state index contributed by atoms with van der Waals surface area (Å²) >= 11 is 0. The Kier molecular flexibility index (Phi) is 3.01. The molecule has 0 radical (unpaired) electrons. The second kappa shape index (κ2) is 5.20. The van der Waals surface area contributed by atoms with Crippen molar-refractivity contribution in [2.75, 3.05) is 13.1 Å². The molecular weight excluding hydrogens is 282 g/mol. The van der Waals surface area contributed by atoms with Crippen molar-refractivity contribution in [3.63, 3.8) is 0 Å². The van der Waals surface area contributed by atoms with Crippen molar-refractivity contribution >= 4 is 10.9 Å². The molecule has 0 spiro atoms. The van der Waals surface area contributed by atoms with Crippen molar-refractivity contribution < 1.29 is 0 Å². The molecule has 0 aliphatic carbocycles. The standard InChI is InChI=1S/C20H21N3/c1-2-4-19-17(3-1)18-14-22-11-7-16(8-12-22)20(18)23(19)13-15-5-9-21-10-6-15/h1-6,9-10,16H,7-8,11-14H2. The molecule has 3 aliphatic rings. The van der Waals surface area contributed by atoms with Crippen LogP contribution in [0.5, 0.6) is 0 Å². The average Bonchev–Trinajstić information content (AvgIpc) is 2.75. The lowest BCUT2D eigenvalue weighted by atomic mass is 9.94. The first kappa shape index (κ1) is 13.3. The lowest BCUT2D eigenvalue weighted by Crippen LogP contribution is -2.29. The summed E-state index contributed by atoms with van der Waals surface area (Å²) in [5.74, 6) is 0.720. The monoisotopic (exact) mass is 303 g/mol. The van der Waals surface area contributed by atoms with E-state index in [1.807, 2.05) is 12.4 Å². The zero-order chi connectivity index (χ0) is 15.2. The van der Waals surface area contributed by atoms with Gasteiger partial charge in [0.05, 0.1) is 0 Å². The molecule has 116 valence electrons. The van der Waals surface area contributed by atoms with E-state index in [1.54, 1.807) is 11.3 Å². The molecule has 1 fully saturated rings. The van der Waals surface area contributed by atoms with Gasteiger partial charge in [-0.1, -0.05) is 18.2 Å². The minimum atomic E-state index is 0.720. The lowest BCUT2D eigenvalue weighted by Gasteiger charge is -2.27. The number of hydrogen-bond donors (Lipinski definition) is 0. The van der Waals surface area contributed by atoms with Gasteiger partial charge in [-0.25, -0.2) is 0 Å². The molecule has 0 atom stereocenters. The number of nitrogens with zero attached hydrogens (tertiary/aromatic N) is 3. The van der Waals surface area contributed by atoms with Gasteiger partial charge in [-0.05, 0) is 55.3 Å². The summed E-state index contributed by atoms with van der Waals surface area (Å²) in [4.78, 5) is 6.79. The largest absolute Gasteiger partial charge is 0.340 e. The predicted octanol–water partition coefficient (Wildman–Crippen LogP) is 3.78. The van der Waals surface area contributed by atoms with Gasteiger partial charge < -0.3 is 4.57 Å². The van der Waals surface area contributed by atoms with Crippen molar-refractivity contribution in [2.45, 2.75) is 31.8 Å². The van der Waals surface area contributed by atoms with E-state index in [-0.39, 0.29) is 0 Å². The van der Waals surface area contributed by atoms with E-state index in [0.717, 1.165) is 19.0 Å². The Morgan fingerprint density at radius 2 is 1.78 bits per heavy atom. The highest BCUT2D eigenvalue weighted by atomic mass is 15.1. The molecule has 6 rings (SSSR count). The van der Waals surface area contributed by atoms with E-state index in [9.17, 15) is 0 Å².